The molecular weight excluding hydrogens is 274 g/mol. The molecule has 0 radical (unpaired) electrons. The van der Waals surface area contributed by atoms with Crippen molar-refractivity contribution in [3.8, 4) is 0 Å². The highest BCUT2D eigenvalue weighted by Gasteiger charge is 2.25. The summed E-state index contributed by atoms with van der Waals surface area (Å²) in [5.41, 5.74) is 0.273. The van der Waals surface area contributed by atoms with Crippen molar-refractivity contribution in [1.29, 1.82) is 0 Å². The maximum absolute atomic E-state index is 5.92. The van der Waals surface area contributed by atoms with Gasteiger partial charge in [0, 0.05) is 20.2 Å². The van der Waals surface area contributed by atoms with E-state index in [1.165, 1.54) is 0 Å². The topological polar surface area (TPSA) is 21.7 Å². The molecule has 0 aromatic rings. The van der Waals surface area contributed by atoms with E-state index in [2.05, 4.69) is 63.8 Å². The van der Waals surface area contributed by atoms with Crippen LogP contribution in [-0.4, -0.2) is 44.0 Å². The number of hydrogen-bond donors (Lipinski definition) is 0. The van der Waals surface area contributed by atoms with E-state index >= 15 is 0 Å². The van der Waals surface area contributed by atoms with Crippen molar-refractivity contribution in [1.82, 2.24) is 4.90 Å². The van der Waals surface area contributed by atoms with E-state index in [4.69, 9.17) is 9.47 Å². The third-order valence-electron chi connectivity index (χ3n) is 4.06. The first kappa shape index (κ1) is 19.4. The first-order chi connectivity index (χ1) is 10.3. The van der Waals surface area contributed by atoms with E-state index in [0.717, 1.165) is 32.5 Å². The third-order valence-corrected chi connectivity index (χ3v) is 4.06. The van der Waals surface area contributed by atoms with Gasteiger partial charge in [0.25, 0.3) is 0 Å². The Morgan fingerprint density at radius 3 is 2.59 bits per heavy atom. The van der Waals surface area contributed by atoms with Crippen LogP contribution in [0.1, 0.15) is 47.5 Å². The molecule has 0 aromatic heterocycles. The summed E-state index contributed by atoms with van der Waals surface area (Å²) in [6.07, 6.45) is 11.7. The molecule has 0 aromatic carbocycles. The molecule has 0 aliphatic carbocycles. The zero-order valence-electron chi connectivity index (χ0n) is 15.3. The molecule has 0 saturated carbocycles. The van der Waals surface area contributed by atoms with E-state index in [-0.39, 0.29) is 11.6 Å². The molecule has 0 spiro atoms. The minimum absolute atomic E-state index is 0.194. The third kappa shape index (κ3) is 8.11. The normalized spacial score (nSPS) is 23.6. The van der Waals surface area contributed by atoms with Gasteiger partial charge in [-0.15, -0.1) is 0 Å². The summed E-state index contributed by atoms with van der Waals surface area (Å²) in [6, 6.07) is 0. The first-order valence-corrected chi connectivity index (χ1v) is 8.54. The van der Waals surface area contributed by atoms with E-state index in [0.29, 0.717) is 12.0 Å². The largest absolute Gasteiger partial charge is 0.373 e. The lowest BCUT2D eigenvalue weighted by Gasteiger charge is -2.22. The van der Waals surface area contributed by atoms with E-state index in [9.17, 15) is 0 Å². The molecule has 3 atom stereocenters. The van der Waals surface area contributed by atoms with E-state index < -0.39 is 0 Å². The molecule has 0 N–H and O–H groups in total. The molecule has 3 nitrogen and oxygen atoms in total. The van der Waals surface area contributed by atoms with Gasteiger partial charge in [0.15, 0.2) is 0 Å². The second-order valence-corrected chi connectivity index (χ2v) is 7.48. The van der Waals surface area contributed by atoms with Crippen LogP contribution in [-0.2, 0) is 9.47 Å². The number of nitrogens with zero attached hydrogens (tertiary/aromatic N) is 1. The zero-order valence-corrected chi connectivity index (χ0v) is 15.3. The van der Waals surface area contributed by atoms with Gasteiger partial charge in [-0.2, -0.15) is 0 Å². The highest BCUT2D eigenvalue weighted by molar-refractivity contribution is 4.97. The summed E-state index contributed by atoms with van der Waals surface area (Å²) in [5, 5.41) is 0. The quantitative estimate of drug-likeness (QED) is 0.626. The van der Waals surface area contributed by atoms with Crippen molar-refractivity contribution in [3.63, 3.8) is 0 Å². The van der Waals surface area contributed by atoms with Gasteiger partial charge in [-0.05, 0) is 31.1 Å². The van der Waals surface area contributed by atoms with Crippen LogP contribution in [0.3, 0.4) is 0 Å². The Bertz CT molecular complexity index is 357. The molecule has 22 heavy (non-hydrogen) atoms. The Labute approximate surface area is 137 Å². The molecule has 1 fully saturated rings. The van der Waals surface area contributed by atoms with Gasteiger partial charge in [-0.1, -0.05) is 52.0 Å². The average Bonchev–Trinajstić information content (AvgIpc) is 2.92. The maximum Gasteiger partial charge on any atom is 0.107 e. The second-order valence-electron chi connectivity index (χ2n) is 7.48. The Kier molecular flexibility index (Phi) is 8.37. The molecule has 1 aliphatic rings. The molecule has 1 aliphatic heterocycles. The molecule has 3 unspecified atom stereocenters. The average molecular weight is 309 g/mol. The lowest BCUT2D eigenvalue weighted by atomic mass is 9.94. The number of hydrogen-bond acceptors (Lipinski definition) is 3. The molecule has 1 saturated heterocycles. The predicted octanol–water partition coefficient (Wildman–Crippen LogP) is 4.25. The summed E-state index contributed by atoms with van der Waals surface area (Å²) < 4.78 is 11.3. The maximum atomic E-state index is 5.92. The van der Waals surface area contributed by atoms with Crippen molar-refractivity contribution < 1.29 is 9.47 Å². The van der Waals surface area contributed by atoms with Crippen molar-refractivity contribution >= 4 is 0 Å². The van der Waals surface area contributed by atoms with Gasteiger partial charge < -0.3 is 9.47 Å². The lowest BCUT2D eigenvalue weighted by molar-refractivity contribution is -0.0164. The van der Waals surface area contributed by atoms with Crippen LogP contribution >= 0.6 is 0 Å². The molecule has 0 bridgehead atoms. The van der Waals surface area contributed by atoms with Crippen LogP contribution in [0, 0.1) is 11.3 Å². The summed E-state index contributed by atoms with van der Waals surface area (Å²) in [6.45, 7) is 13.8. The van der Waals surface area contributed by atoms with Crippen molar-refractivity contribution in [3.05, 3.63) is 24.3 Å². The van der Waals surface area contributed by atoms with Crippen molar-refractivity contribution in [2.75, 3.05) is 26.8 Å². The van der Waals surface area contributed by atoms with Crippen LogP contribution in [0.25, 0.3) is 0 Å². The summed E-state index contributed by atoms with van der Waals surface area (Å²) in [7, 11) is 1.76. The summed E-state index contributed by atoms with van der Waals surface area (Å²) >= 11 is 0. The smallest absolute Gasteiger partial charge is 0.107 e. The Balaban J connectivity index is 2.16. The van der Waals surface area contributed by atoms with Crippen LogP contribution in [0.4, 0.5) is 0 Å². The zero-order chi connectivity index (χ0) is 16.6. The predicted molar refractivity (Wildman–Crippen MR) is 93.9 cm³/mol. The highest BCUT2D eigenvalue weighted by Crippen LogP contribution is 2.18. The molecule has 1 rings (SSSR count). The molecule has 3 heteroatoms. The van der Waals surface area contributed by atoms with Crippen LogP contribution < -0.4 is 0 Å². The molecular formula is C19H35NO2. The standard InChI is InChI=1S/C19H35NO2/c1-16(10-12-19(3,4)5)9-7-8-14-22-18-11-13-20(15-18)17(2)21-6/h7-8,10,12,16-18H,9,11,13-15H2,1-6H3/b8-7+,12-10+. The number of likely N-dealkylation sites (tertiary alicyclic amines) is 1. The monoisotopic (exact) mass is 309 g/mol. The van der Waals surface area contributed by atoms with Gasteiger partial charge in [0.2, 0.25) is 0 Å². The number of allylic oxidation sites excluding steroid dienone is 3. The summed E-state index contributed by atoms with van der Waals surface area (Å²) in [4.78, 5) is 2.33. The van der Waals surface area contributed by atoms with Crippen LogP contribution in [0.5, 0.6) is 0 Å². The van der Waals surface area contributed by atoms with Gasteiger partial charge in [0.1, 0.15) is 6.23 Å². The lowest BCUT2D eigenvalue weighted by Crippen LogP contribution is -2.33. The SMILES string of the molecule is COC(C)N1CCC(OC/C=C/CC(C)/C=C/C(C)(C)C)C1. The van der Waals surface area contributed by atoms with Gasteiger partial charge >= 0.3 is 0 Å². The minimum Gasteiger partial charge on any atom is -0.373 e. The van der Waals surface area contributed by atoms with Crippen molar-refractivity contribution in [2.45, 2.75) is 59.8 Å². The summed E-state index contributed by atoms with van der Waals surface area (Å²) in [5.74, 6) is 0.583. The van der Waals surface area contributed by atoms with Gasteiger partial charge in [0.05, 0.1) is 12.7 Å². The second kappa shape index (κ2) is 9.49. The molecule has 128 valence electrons. The highest BCUT2D eigenvalue weighted by atomic mass is 16.5. The Morgan fingerprint density at radius 1 is 1.23 bits per heavy atom. The fourth-order valence-corrected chi connectivity index (χ4v) is 2.47. The Morgan fingerprint density at radius 2 is 1.95 bits per heavy atom. The fraction of sp³-hybridized carbons (Fsp3) is 0.789. The fourth-order valence-electron chi connectivity index (χ4n) is 2.47. The number of ether oxygens (including phenoxy) is 2. The molecule has 1 heterocycles. The molecule has 0 amide bonds. The van der Waals surface area contributed by atoms with Gasteiger partial charge in [-0.3, -0.25) is 4.90 Å². The van der Waals surface area contributed by atoms with Gasteiger partial charge in [-0.25, -0.2) is 0 Å². The van der Waals surface area contributed by atoms with E-state index in [1.54, 1.807) is 7.11 Å². The Hall–Kier alpha value is -0.640. The number of rotatable bonds is 8. The van der Waals surface area contributed by atoms with Crippen LogP contribution in [0.15, 0.2) is 24.3 Å². The number of methoxy groups -OCH3 is 1. The first-order valence-electron chi connectivity index (χ1n) is 8.54. The van der Waals surface area contributed by atoms with Crippen LogP contribution in [0.2, 0.25) is 0 Å². The van der Waals surface area contributed by atoms with Crippen molar-refractivity contribution in [2.24, 2.45) is 11.3 Å². The van der Waals surface area contributed by atoms with E-state index in [1.807, 2.05) is 0 Å². The minimum atomic E-state index is 0.194.